The number of aryl methyl sites for hydroxylation is 1. The first-order chi connectivity index (χ1) is 8.97. The van der Waals surface area contributed by atoms with Crippen molar-refractivity contribution in [1.29, 1.82) is 0 Å². The highest BCUT2D eigenvalue weighted by atomic mass is 79.9. The molecule has 2 aromatic carbocycles. The normalized spacial score (nSPS) is 10.3. The molecule has 5 heteroatoms. The van der Waals surface area contributed by atoms with E-state index in [1.165, 1.54) is 6.07 Å². The second-order valence-electron chi connectivity index (χ2n) is 4.05. The maximum atomic E-state index is 13.4. The molecule has 19 heavy (non-hydrogen) atoms. The Balaban J connectivity index is 2.20. The summed E-state index contributed by atoms with van der Waals surface area (Å²) in [6.07, 6.45) is 0. The maximum Gasteiger partial charge on any atom is 0.255 e. The first kappa shape index (κ1) is 14.0. The van der Waals surface area contributed by atoms with E-state index in [1.54, 1.807) is 37.3 Å². The van der Waals surface area contributed by atoms with Crippen LogP contribution in [-0.4, -0.2) is 5.91 Å². The SMILES string of the molecule is Cc1ccc(C(=O)Nc2ccc(Cl)c(Br)c2)cc1F. The monoisotopic (exact) mass is 341 g/mol. The largest absolute Gasteiger partial charge is 0.322 e. The fourth-order valence-electron chi connectivity index (χ4n) is 1.51. The van der Waals surface area contributed by atoms with E-state index in [0.29, 0.717) is 20.7 Å². The molecule has 0 aromatic heterocycles. The molecular weight excluding hydrogens is 333 g/mol. The summed E-state index contributed by atoms with van der Waals surface area (Å²) < 4.78 is 14.1. The molecule has 0 spiro atoms. The van der Waals surface area contributed by atoms with Gasteiger partial charge in [-0.2, -0.15) is 0 Å². The van der Waals surface area contributed by atoms with Gasteiger partial charge in [0.15, 0.2) is 0 Å². The average Bonchev–Trinajstić information content (AvgIpc) is 2.37. The van der Waals surface area contributed by atoms with Crippen LogP contribution in [-0.2, 0) is 0 Å². The molecule has 0 radical (unpaired) electrons. The van der Waals surface area contributed by atoms with E-state index in [9.17, 15) is 9.18 Å². The minimum absolute atomic E-state index is 0.272. The molecule has 1 N–H and O–H groups in total. The van der Waals surface area contributed by atoms with Crippen molar-refractivity contribution in [2.45, 2.75) is 6.92 Å². The van der Waals surface area contributed by atoms with E-state index in [4.69, 9.17) is 11.6 Å². The number of hydrogen-bond acceptors (Lipinski definition) is 1. The smallest absolute Gasteiger partial charge is 0.255 e. The molecule has 0 atom stereocenters. The Labute approximate surface area is 123 Å². The van der Waals surface area contributed by atoms with Crippen molar-refractivity contribution in [3.05, 3.63) is 62.8 Å². The molecule has 2 rings (SSSR count). The molecule has 0 aliphatic heterocycles. The number of rotatable bonds is 2. The minimum Gasteiger partial charge on any atom is -0.322 e. The van der Waals surface area contributed by atoms with E-state index in [-0.39, 0.29) is 11.5 Å². The quantitative estimate of drug-likeness (QED) is 0.834. The Hall–Kier alpha value is -1.39. The third-order valence-electron chi connectivity index (χ3n) is 2.61. The zero-order valence-corrected chi connectivity index (χ0v) is 12.3. The summed E-state index contributed by atoms with van der Waals surface area (Å²) in [6, 6.07) is 9.40. The van der Waals surface area contributed by atoms with E-state index in [1.807, 2.05) is 0 Å². The lowest BCUT2D eigenvalue weighted by molar-refractivity contribution is 0.102. The zero-order chi connectivity index (χ0) is 14.0. The van der Waals surface area contributed by atoms with Gasteiger partial charge in [-0.15, -0.1) is 0 Å². The van der Waals surface area contributed by atoms with Crippen LogP contribution >= 0.6 is 27.5 Å². The van der Waals surface area contributed by atoms with Crippen molar-refractivity contribution in [2.75, 3.05) is 5.32 Å². The highest BCUT2D eigenvalue weighted by Gasteiger charge is 2.09. The summed E-state index contributed by atoms with van der Waals surface area (Å²) in [5, 5.41) is 3.23. The molecule has 0 aliphatic rings. The number of nitrogens with one attached hydrogen (secondary N) is 1. The topological polar surface area (TPSA) is 29.1 Å². The third-order valence-corrected chi connectivity index (χ3v) is 3.83. The lowest BCUT2D eigenvalue weighted by Crippen LogP contribution is -2.12. The summed E-state index contributed by atoms with van der Waals surface area (Å²) in [4.78, 5) is 11.9. The summed E-state index contributed by atoms with van der Waals surface area (Å²) >= 11 is 9.13. The molecular formula is C14H10BrClFNO. The molecule has 1 amide bonds. The maximum absolute atomic E-state index is 13.4. The predicted octanol–water partition coefficient (Wildman–Crippen LogP) is 4.80. The number of halogens is 3. The molecule has 2 nitrogen and oxygen atoms in total. The van der Waals surface area contributed by atoms with Gasteiger partial charge in [-0.1, -0.05) is 17.7 Å². The van der Waals surface area contributed by atoms with Gasteiger partial charge in [0.1, 0.15) is 5.82 Å². The van der Waals surface area contributed by atoms with Crippen LogP contribution in [0.3, 0.4) is 0 Å². The lowest BCUT2D eigenvalue weighted by Gasteiger charge is -2.07. The van der Waals surface area contributed by atoms with E-state index in [0.717, 1.165) is 0 Å². The Kier molecular flexibility index (Phi) is 4.22. The number of anilines is 1. The molecule has 2 aromatic rings. The number of carbonyl (C=O) groups is 1. The van der Waals surface area contributed by atoms with Gasteiger partial charge in [0.05, 0.1) is 5.02 Å². The van der Waals surface area contributed by atoms with Crippen molar-refractivity contribution in [2.24, 2.45) is 0 Å². The Bertz CT molecular complexity index is 645. The molecule has 0 heterocycles. The number of benzene rings is 2. The molecule has 0 unspecified atom stereocenters. The zero-order valence-electron chi connectivity index (χ0n) is 10.0. The van der Waals surface area contributed by atoms with Crippen LogP contribution < -0.4 is 5.32 Å². The van der Waals surface area contributed by atoms with Crippen LogP contribution in [0.4, 0.5) is 10.1 Å². The molecule has 0 bridgehead atoms. The highest BCUT2D eigenvalue weighted by Crippen LogP contribution is 2.25. The van der Waals surface area contributed by atoms with Gasteiger partial charge in [0.2, 0.25) is 0 Å². The van der Waals surface area contributed by atoms with Gasteiger partial charge >= 0.3 is 0 Å². The first-order valence-electron chi connectivity index (χ1n) is 5.50. The first-order valence-corrected chi connectivity index (χ1v) is 6.67. The lowest BCUT2D eigenvalue weighted by atomic mass is 10.1. The van der Waals surface area contributed by atoms with Crippen molar-refractivity contribution >= 4 is 39.1 Å². The fraction of sp³-hybridized carbons (Fsp3) is 0.0714. The third kappa shape index (κ3) is 3.33. The molecule has 0 aliphatic carbocycles. The summed E-state index contributed by atoms with van der Waals surface area (Å²) in [5.41, 5.74) is 1.36. The van der Waals surface area contributed by atoms with Crippen LogP contribution in [0.1, 0.15) is 15.9 Å². The highest BCUT2D eigenvalue weighted by molar-refractivity contribution is 9.10. The minimum atomic E-state index is -0.398. The standard InChI is InChI=1S/C14H10BrClFNO/c1-8-2-3-9(6-13(8)17)14(19)18-10-4-5-12(16)11(15)7-10/h2-7H,1H3,(H,18,19). The van der Waals surface area contributed by atoms with Crippen LogP contribution in [0.5, 0.6) is 0 Å². The number of carbonyl (C=O) groups excluding carboxylic acids is 1. The number of amides is 1. The molecule has 98 valence electrons. The molecule has 0 saturated heterocycles. The van der Waals surface area contributed by atoms with E-state index in [2.05, 4.69) is 21.2 Å². The van der Waals surface area contributed by atoms with Crippen molar-refractivity contribution < 1.29 is 9.18 Å². The molecule has 0 saturated carbocycles. The van der Waals surface area contributed by atoms with E-state index >= 15 is 0 Å². The summed E-state index contributed by atoms with van der Waals surface area (Å²) in [5.74, 6) is -0.766. The predicted molar refractivity (Wildman–Crippen MR) is 78.2 cm³/mol. The second kappa shape index (κ2) is 5.72. The molecule has 0 fully saturated rings. The van der Waals surface area contributed by atoms with Crippen LogP contribution in [0, 0.1) is 12.7 Å². The average molecular weight is 343 g/mol. The second-order valence-corrected chi connectivity index (χ2v) is 5.31. The Morgan fingerprint density at radius 3 is 2.63 bits per heavy atom. The Morgan fingerprint density at radius 2 is 2.00 bits per heavy atom. The Morgan fingerprint density at radius 1 is 1.26 bits per heavy atom. The van der Waals surface area contributed by atoms with Crippen LogP contribution in [0.25, 0.3) is 0 Å². The summed E-state index contributed by atoms with van der Waals surface area (Å²) in [7, 11) is 0. The van der Waals surface area contributed by atoms with Crippen LogP contribution in [0.2, 0.25) is 5.02 Å². The van der Waals surface area contributed by atoms with Crippen molar-refractivity contribution in [3.63, 3.8) is 0 Å². The van der Waals surface area contributed by atoms with Crippen molar-refractivity contribution in [1.82, 2.24) is 0 Å². The fourth-order valence-corrected chi connectivity index (χ4v) is 2.01. The summed E-state index contributed by atoms with van der Waals surface area (Å²) in [6.45, 7) is 1.65. The van der Waals surface area contributed by atoms with Gasteiger partial charge < -0.3 is 5.32 Å². The van der Waals surface area contributed by atoms with E-state index < -0.39 is 5.82 Å². The van der Waals surface area contributed by atoms with Gasteiger partial charge in [-0.05, 0) is 58.7 Å². The van der Waals surface area contributed by atoms with Gasteiger partial charge in [-0.3, -0.25) is 4.79 Å². The van der Waals surface area contributed by atoms with Gasteiger partial charge in [0, 0.05) is 15.7 Å². The van der Waals surface area contributed by atoms with Crippen LogP contribution in [0.15, 0.2) is 40.9 Å². The van der Waals surface area contributed by atoms with Crippen molar-refractivity contribution in [3.8, 4) is 0 Å². The number of hydrogen-bond donors (Lipinski definition) is 1. The van der Waals surface area contributed by atoms with Gasteiger partial charge in [0.25, 0.3) is 5.91 Å². The van der Waals surface area contributed by atoms with Gasteiger partial charge in [-0.25, -0.2) is 4.39 Å².